The molecule has 55 heavy (non-hydrogen) atoms. The highest BCUT2D eigenvalue weighted by Gasteiger charge is 2.43. The number of fused-ring (bicyclic) bond motifs is 8. The van der Waals surface area contributed by atoms with Gasteiger partial charge in [0, 0.05) is 50.6 Å². The zero-order chi connectivity index (χ0) is 37.4. The number of allylic oxidation sites excluding steroid dienone is 4. The maximum atomic E-state index is 6.59. The number of nitrogens with zero attached hydrogens (tertiary/aromatic N) is 1. The normalized spacial score (nSPS) is 18.5. The van der Waals surface area contributed by atoms with Crippen molar-refractivity contribution in [3.05, 3.63) is 143 Å². The summed E-state index contributed by atoms with van der Waals surface area (Å²) in [7, 11) is 0.870. The number of hydrogen-bond acceptors (Lipinski definition) is 3. The lowest BCUT2D eigenvalue weighted by Crippen LogP contribution is -2.47. The number of furan rings is 1. The standard InChI is InChI=1S/C51H47BN2O/c1-49(2)24-25-50(3,4)39-27-31(22-23-36(39)49)53-41-29-45-34(33-16-9-12-21-44(33)55-45)28-35(41)46-32-15-8-7-14-30(32)26-43-47(46)52-40-19-13-18-38-48(40)54(43)42-20-11-10-17-37(42)51(38,5)6/h7-10,12-19,21-23,26-29,52-53H,11,20,24-25H2,1-6H3. The molecule has 270 valence electrons. The first-order valence-electron chi connectivity index (χ1n) is 20.2. The van der Waals surface area contributed by atoms with Crippen LogP contribution in [0.25, 0.3) is 43.8 Å². The maximum Gasteiger partial charge on any atom is 0.198 e. The Balaban J connectivity index is 1.20. The third kappa shape index (κ3) is 4.70. The van der Waals surface area contributed by atoms with Crippen LogP contribution in [0.1, 0.15) is 83.9 Å². The van der Waals surface area contributed by atoms with Crippen LogP contribution in [0.15, 0.2) is 131 Å². The molecule has 4 heteroatoms. The van der Waals surface area contributed by atoms with E-state index in [9.17, 15) is 0 Å². The van der Waals surface area contributed by atoms with Crippen molar-refractivity contribution in [2.45, 2.75) is 83.5 Å². The Morgan fingerprint density at radius 1 is 0.691 bits per heavy atom. The molecule has 3 nitrogen and oxygen atoms in total. The molecule has 0 atom stereocenters. The summed E-state index contributed by atoms with van der Waals surface area (Å²) in [6, 6.07) is 38.8. The van der Waals surface area contributed by atoms with Gasteiger partial charge in [-0.2, -0.15) is 0 Å². The van der Waals surface area contributed by atoms with Gasteiger partial charge in [0.15, 0.2) is 7.28 Å². The van der Waals surface area contributed by atoms with Gasteiger partial charge in [0.1, 0.15) is 11.2 Å². The van der Waals surface area contributed by atoms with Crippen molar-refractivity contribution in [2.24, 2.45) is 0 Å². The molecule has 11 rings (SSSR count). The Morgan fingerprint density at radius 2 is 1.47 bits per heavy atom. The average Bonchev–Trinajstić information content (AvgIpc) is 3.54. The monoisotopic (exact) mass is 714 g/mol. The molecule has 0 saturated carbocycles. The van der Waals surface area contributed by atoms with Crippen LogP contribution in [-0.2, 0) is 16.2 Å². The smallest absolute Gasteiger partial charge is 0.198 e. The molecule has 7 aromatic rings. The molecule has 0 spiro atoms. The molecular formula is C51H47BN2O. The largest absolute Gasteiger partial charge is 0.456 e. The van der Waals surface area contributed by atoms with Crippen molar-refractivity contribution in [1.82, 2.24) is 0 Å². The minimum Gasteiger partial charge on any atom is -0.456 e. The number of rotatable bonds is 3. The van der Waals surface area contributed by atoms with Crippen molar-refractivity contribution in [3.8, 4) is 11.1 Å². The molecule has 0 fully saturated rings. The number of anilines is 4. The summed E-state index contributed by atoms with van der Waals surface area (Å²) in [4.78, 5) is 2.66. The van der Waals surface area contributed by atoms with Crippen LogP contribution >= 0.6 is 0 Å². The summed E-state index contributed by atoms with van der Waals surface area (Å²) >= 11 is 0. The van der Waals surface area contributed by atoms with Gasteiger partial charge >= 0.3 is 0 Å². The van der Waals surface area contributed by atoms with Crippen molar-refractivity contribution >= 4 is 73.7 Å². The average molecular weight is 715 g/mol. The minimum absolute atomic E-state index is 0.0611. The lowest BCUT2D eigenvalue weighted by atomic mass is 9.55. The van der Waals surface area contributed by atoms with Crippen LogP contribution in [0.2, 0.25) is 0 Å². The maximum absolute atomic E-state index is 6.59. The van der Waals surface area contributed by atoms with Gasteiger partial charge in [-0.25, -0.2) is 0 Å². The first kappa shape index (κ1) is 32.9. The molecular weight excluding hydrogens is 667 g/mol. The summed E-state index contributed by atoms with van der Waals surface area (Å²) in [6.07, 6.45) is 9.26. The number of benzene rings is 6. The van der Waals surface area contributed by atoms with Crippen LogP contribution in [0.4, 0.5) is 22.7 Å². The van der Waals surface area contributed by atoms with Gasteiger partial charge in [-0.3, -0.25) is 0 Å². The van der Waals surface area contributed by atoms with Gasteiger partial charge in [-0.05, 0) is 111 Å². The second-order valence-electron chi connectivity index (χ2n) is 18.4. The van der Waals surface area contributed by atoms with Gasteiger partial charge in [0.25, 0.3) is 0 Å². The van der Waals surface area contributed by atoms with E-state index in [1.807, 2.05) is 0 Å². The van der Waals surface area contributed by atoms with E-state index in [2.05, 4.69) is 167 Å². The summed E-state index contributed by atoms with van der Waals surface area (Å²) in [5.41, 5.74) is 19.4. The number of para-hydroxylation sites is 2. The highest BCUT2D eigenvalue weighted by molar-refractivity contribution is 6.73. The van der Waals surface area contributed by atoms with E-state index in [1.165, 1.54) is 85.0 Å². The molecule has 4 aliphatic rings. The molecule has 6 aromatic carbocycles. The summed E-state index contributed by atoms with van der Waals surface area (Å²) in [5, 5.41) is 8.85. The predicted octanol–water partition coefficient (Wildman–Crippen LogP) is 12.2. The van der Waals surface area contributed by atoms with Gasteiger partial charge in [-0.1, -0.05) is 126 Å². The van der Waals surface area contributed by atoms with E-state index in [-0.39, 0.29) is 16.2 Å². The second-order valence-corrected chi connectivity index (χ2v) is 18.4. The van der Waals surface area contributed by atoms with Crippen LogP contribution in [0, 0.1) is 0 Å². The molecule has 2 aliphatic heterocycles. The molecule has 0 saturated heterocycles. The fourth-order valence-corrected chi connectivity index (χ4v) is 10.7. The van der Waals surface area contributed by atoms with Crippen LogP contribution in [0.5, 0.6) is 0 Å². The zero-order valence-corrected chi connectivity index (χ0v) is 32.9. The lowest BCUT2D eigenvalue weighted by Gasteiger charge is -2.48. The van der Waals surface area contributed by atoms with E-state index >= 15 is 0 Å². The minimum atomic E-state index is -0.0611. The Hall–Kier alpha value is -5.48. The topological polar surface area (TPSA) is 28.4 Å². The Bertz CT molecular complexity index is 2860. The van der Waals surface area contributed by atoms with Crippen LogP contribution in [-0.4, -0.2) is 7.28 Å². The van der Waals surface area contributed by atoms with E-state index in [0.717, 1.165) is 53.4 Å². The molecule has 0 amide bonds. The van der Waals surface area contributed by atoms with Gasteiger partial charge in [-0.15, -0.1) is 0 Å². The fraction of sp³-hybridized carbons (Fsp3) is 0.255. The van der Waals surface area contributed by atoms with Crippen molar-refractivity contribution < 1.29 is 4.42 Å². The molecule has 1 aromatic heterocycles. The van der Waals surface area contributed by atoms with Crippen LogP contribution < -0.4 is 21.1 Å². The van der Waals surface area contributed by atoms with E-state index in [0.29, 0.717) is 0 Å². The van der Waals surface area contributed by atoms with Crippen molar-refractivity contribution in [1.29, 1.82) is 0 Å². The van der Waals surface area contributed by atoms with E-state index in [4.69, 9.17) is 4.42 Å². The van der Waals surface area contributed by atoms with Crippen LogP contribution in [0.3, 0.4) is 0 Å². The Kier molecular flexibility index (Phi) is 6.76. The third-order valence-corrected chi connectivity index (χ3v) is 13.8. The number of nitrogens with one attached hydrogen (secondary N) is 1. The molecule has 1 N–H and O–H groups in total. The summed E-state index contributed by atoms with van der Waals surface area (Å²) in [5.74, 6) is 0. The quantitative estimate of drug-likeness (QED) is 0.185. The van der Waals surface area contributed by atoms with E-state index < -0.39 is 0 Å². The highest BCUT2D eigenvalue weighted by atomic mass is 16.3. The summed E-state index contributed by atoms with van der Waals surface area (Å²) in [6.45, 7) is 14.5. The van der Waals surface area contributed by atoms with Crippen molar-refractivity contribution in [3.63, 3.8) is 0 Å². The Morgan fingerprint density at radius 3 is 2.33 bits per heavy atom. The fourth-order valence-electron chi connectivity index (χ4n) is 10.7. The second kappa shape index (κ2) is 11.3. The van der Waals surface area contributed by atoms with E-state index in [1.54, 1.807) is 0 Å². The first-order chi connectivity index (χ1) is 26.5. The molecule has 0 bridgehead atoms. The van der Waals surface area contributed by atoms with Crippen molar-refractivity contribution in [2.75, 3.05) is 10.2 Å². The molecule has 0 radical (unpaired) electrons. The molecule has 2 aliphatic carbocycles. The highest BCUT2D eigenvalue weighted by Crippen LogP contribution is 2.53. The van der Waals surface area contributed by atoms with Gasteiger partial charge in [0.2, 0.25) is 0 Å². The van der Waals surface area contributed by atoms with Gasteiger partial charge in [0.05, 0.1) is 5.69 Å². The lowest BCUT2D eigenvalue weighted by molar-refractivity contribution is 0.332. The SMILES string of the molecule is CC1(C)CCC(C)(C)c2cc(Nc3cc4oc5ccccc5c4cc3-c3c4c(cc5ccccc35)N3C5=C(C=CCC5)C(C)(C)c5cccc(c53)B4)ccc21. The molecule has 0 unspecified atom stereocenters. The molecule has 3 heterocycles. The predicted molar refractivity (Wildman–Crippen MR) is 235 cm³/mol. The first-order valence-corrected chi connectivity index (χ1v) is 20.2. The Labute approximate surface area is 325 Å². The van der Waals surface area contributed by atoms with Gasteiger partial charge < -0.3 is 14.6 Å². The summed E-state index contributed by atoms with van der Waals surface area (Å²) < 4.78 is 6.59. The third-order valence-electron chi connectivity index (χ3n) is 13.8. The zero-order valence-electron chi connectivity index (χ0n) is 32.9. The number of hydrogen-bond donors (Lipinski definition) is 1.